The minimum Gasteiger partial charge on any atom is -0.368 e. The zero-order valence-electron chi connectivity index (χ0n) is 17.7. The fourth-order valence-electron chi connectivity index (χ4n) is 3.44. The molecule has 1 aromatic heterocycles. The Morgan fingerprint density at radius 1 is 1.10 bits per heavy atom. The minimum absolute atomic E-state index is 0.104. The Morgan fingerprint density at radius 3 is 2.39 bits per heavy atom. The SMILES string of the molecule is CC[C@H](CNC)N(C)S(=O)(=O)c1ccccc1-c1ccc(-c2cnc(N)nc2)c(F)c1. The molecule has 9 heteroatoms. The summed E-state index contributed by atoms with van der Waals surface area (Å²) < 4.78 is 43.1. The second-order valence-electron chi connectivity index (χ2n) is 7.16. The van der Waals surface area contributed by atoms with Crippen LogP contribution in [0.5, 0.6) is 0 Å². The van der Waals surface area contributed by atoms with E-state index in [1.54, 1.807) is 50.5 Å². The number of hydrogen-bond donors (Lipinski definition) is 2. The third kappa shape index (κ3) is 4.73. The lowest BCUT2D eigenvalue weighted by Crippen LogP contribution is -2.42. The molecule has 3 aromatic rings. The molecule has 3 rings (SSSR count). The Kier molecular flexibility index (Phi) is 6.99. The summed E-state index contributed by atoms with van der Waals surface area (Å²) in [6.45, 7) is 2.47. The van der Waals surface area contributed by atoms with Gasteiger partial charge in [0.25, 0.3) is 0 Å². The van der Waals surface area contributed by atoms with Gasteiger partial charge in [-0.3, -0.25) is 0 Å². The predicted octanol–water partition coefficient (Wildman–Crippen LogP) is 3.15. The fourth-order valence-corrected chi connectivity index (χ4v) is 5.08. The monoisotopic (exact) mass is 443 g/mol. The van der Waals surface area contributed by atoms with Crippen molar-refractivity contribution in [3.05, 3.63) is 60.7 Å². The van der Waals surface area contributed by atoms with Crippen LogP contribution in [0, 0.1) is 5.82 Å². The highest BCUT2D eigenvalue weighted by Gasteiger charge is 2.29. The van der Waals surface area contributed by atoms with E-state index in [1.807, 2.05) is 6.92 Å². The molecule has 0 radical (unpaired) electrons. The van der Waals surface area contributed by atoms with Crippen molar-refractivity contribution in [3.63, 3.8) is 0 Å². The molecule has 3 N–H and O–H groups in total. The topological polar surface area (TPSA) is 101 Å². The van der Waals surface area contributed by atoms with Gasteiger partial charge in [-0.25, -0.2) is 22.8 Å². The van der Waals surface area contributed by atoms with Crippen LogP contribution in [0.1, 0.15) is 13.3 Å². The van der Waals surface area contributed by atoms with Gasteiger partial charge >= 0.3 is 0 Å². The van der Waals surface area contributed by atoms with E-state index in [2.05, 4.69) is 15.3 Å². The van der Waals surface area contributed by atoms with Gasteiger partial charge in [-0.2, -0.15) is 4.31 Å². The smallest absolute Gasteiger partial charge is 0.243 e. The van der Waals surface area contributed by atoms with Gasteiger partial charge in [-0.1, -0.05) is 37.3 Å². The number of nitrogens with one attached hydrogen (secondary N) is 1. The van der Waals surface area contributed by atoms with Gasteiger partial charge in [-0.15, -0.1) is 0 Å². The maximum absolute atomic E-state index is 14.9. The molecule has 0 aliphatic heterocycles. The second kappa shape index (κ2) is 9.51. The number of anilines is 1. The quantitative estimate of drug-likeness (QED) is 0.555. The maximum atomic E-state index is 14.9. The van der Waals surface area contributed by atoms with Crippen LogP contribution in [0.2, 0.25) is 0 Å². The second-order valence-corrected chi connectivity index (χ2v) is 9.13. The van der Waals surface area contributed by atoms with Crippen molar-refractivity contribution in [1.82, 2.24) is 19.6 Å². The Hall–Kier alpha value is -2.88. The summed E-state index contributed by atoms with van der Waals surface area (Å²) in [6.07, 6.45) is 3.55. The zero-order valence-corrected chi connectivity index (χ0v) is 18.5. The number of benzene rings is 2. The van der Waals surface area contributed by atoms with Crippen LogP contribution < -0.4 is 11.1 Å². The third-order valence-corrected chi connectivity index (χ3v) is 7.20. The lowest BCUT2D eigenvalue weighted by molar-refractivity contribution is 0.350. The fraction of sp³-hybridized carbons (Fsp3) is 0.273. The minimum atomic E-state index is -3.79. The molecule has 0 aliphatic carbocycles. The van der Waals surface area contributed by atoms with Crippen molar-refractivity contribution < 1.29 is 12.8 Å². The van der Waals surface area contributed by atoms with Gasteiger partial charge in [0.15, 0.2) is 0 Å². The Bertz CT molecular complexity index is 1150. The number of nitrogens with zero attached hydrogens (tertiary/aromatic N) is 3. The van der Waals surface area contributed by atoms with Crippen LogP contribution in [0.3, 0.4) is 0 Å². The molecular weight excluding hydrogens is 417 g/mol. The summed E-state index contributed by atoms with van der Waals surface area (Å²) in [5.74, 6) is -0.402. The highest BCUT2D eigenvalue weighted by atomic mass is 32.2. The maximum Gasteiger partial charge on any atom is 0.243 e. The molecule has 1 heterocycles. The molecule has 0 spiro atoms. The predicted molar refractivity (Wildman–Crippen MR) is 120 cm³/mol. The highest BCUT2D eigenvalue weighted by Crippen LogP contribution is 2.33. The van der Waals surface area contributed by atoms with E-state index in [1.165, 1.54) is 22.8 Å². The molecule has 0 fully saturated rings. The van der Waals surface area contributed by atoms with Gasteiger partial charge in [0.05, 0.1) is 4.90 Å². The van der Waals surface area contributed by atoms with Gasteiger partial charge in [0.1, 0.15) is 5.82 Å². The highest BCUT2D eigenvalue weighted by molar-refractivity contribution is 7.89. The van der Waals surface area contributed by atoms with Crippen LogP contribution in [-0.2, 0) is 10.0 Å². The molecule has 0 saturated carbocycles. The van der Waals surface area contributed by atoms with Gasteiger partial charge in [0.2, 0.25) is 16.0 Å². The van der Waals surface area contributed by atoms with Crippen LogP contribution in [0.15, 0.2) is 59.8 Å². The average Bonchev–Trinajstić information content (AvgIpc) is 2.77. The molecule has 0 unspecified atom stereocenters. The lowest BCUT2D eigenvalue weighted by atomic mass is 10.0. The van der Waals surface area contributed by atoms with Crippen LogP contribution >= 0.6 is 0 Å². The largest absolute Gasteiger partial charge is 0.368 e. The molecule has 31 heavy (non-hydrogen) atoms. The van der Waals surface area contributed by atoms with E-state index in [4.69, 9.17) is 5.73 Å². The number of sulfonamides is 1. The van der Waals surface area contributed by atoms with Crippen molar-refractivity contribution >= 4 is 16.0 Å². The van der Waals surface area contributed by atoms with E-state index in [-0.39, 0.29) is 16.9 Å². The van der Waals surface area contributed by atoms with E-state index < -0.39 is 15.8 Å². The third-order valence-electron chi connectivity index (χ3n) is 5.23. The molecule has 0 aliphatic rings. The number of halogens is 1. The van der Waals surface area contributed by atoms with Crippen LogP contribution in [0.4, 0.5) is 10.3 Å². The number of aromatic nitrogens is 2. The van der Waals surface area contributed by atoms with Crippen LogP contribution in [-0.4, -0.2) is 49.4 Å². The Labute approximate surface area is 182 Å². The molecular formula is C22H26FN5O2S. The molecule has 0 amide bonds. The molecule has 164 valence electrons. The first-order chi connectivity index (χ1) is 14.8. The number of nitrogen functional groups attached to an aromatic ring is 1. The average molecular weight is 444 g/mol. The zero-order chi connectivity index (χ0) is 22.6. The summed E-state index contributed by atoms with van der Waals surface area (Å²) in [5.41, 5.74) is 7.19. The Balaban J connectivity index is 2.04. The summed E-state index contributed by atoms with van der Waals surface area (Å²) in [5, 5.41) is 3.03. The van der Waals surface area contributed by atoms with Crippen LogP contribution in [0.25, 0.3) is 22.3 Å². The van der Waals surface area contributed by atoms with Gasteiger partial charge in [0, 0.05) is 48.7 Å². The van der Waals surface area contributed by atoms with Crippen molar-refractivity contribution in [2.24, 2.45) is 0 Å². The van der Waals surface area contributed by atoms with Gasteiger partial charge in [-0.05, 0) is 31.2 Å². The van der Waals surface area contributed by atoms with E-state index in [9.17, 15) is 12.8 Å². The molecule has 2 aromatic carbocycles. The Morgan fingerprint density at radius 2 is 1.77 bits per heavy atom. The number of hydrogen-bond acceptors (Lipinski definition) is 6. The van der Waals surface area contributed by atoms with Crippen molar-refractivity contribution in [1.29, 1.82) is 0 Å². The number of rotatable bonds is 8. The van der Waals surface area contributed by atoms with Crippen molar-refractivity contribution in [2.45, 2.75) is 24.3 Å². The normalized spacial score (nSPS) is 12.8. The molecule has 7 nitrogen and oxygen atoms in total. The summed E-state index contributed by atoms with van der Waals surface area (Å²) >= 11 is 0. The first kappa shape index (κ1) is 22.8. The number of nitrogens with two attached hydrogens (primary N) is 1. The summed E-state index contributed by atoms with van der Waals surface area (Å²) in [4.78, 5) is 7.92. The van der Waals surface area contributed by atoms with E-state index in [0.717, 1.165) is 0 Å². The van der Waals surface area contributed by atoms with E-state index in [0.29, 0.717) is 35.2 Å². The van der Waals surface area contributed by atoms with Gasteiger partial charge < -0.3 is 11.1 Å². The first-order valence-electron chi connectivity index (χ1n) is 9.89. The summed E-state index contributed by atoms with van der Waals surface area (Å²) in [6, 6.07) is 11.0. The van der Waals surface area contributed by atoms with Crippen molar-refractivity contribution in [3.8, 4) is 22.3 Å². The lowest BCUT2D eigenvalue weighted by Gasteiger charge is -2.27. The summed E-state index contributed by atoms with van der Waals surface area (Å²) in [7, 11) is -0.437. The molecule has 0 bridgehead atoms. The van der Waals surface area contributed by atoms with E-state index >= 15 is 0 Å². The van der Waals surface area contributed by atoms with Crippen molar-refractivity contribution in [2.75, 3.05) is 26.4 Å². The molecule has 1 atom stereocenters. The first-order valence-corrected chi connectivity index (χ1v) is 11.3. The number of likely N-dealkylation sites (N-methyl/N-ethyl adjacent to an activating group) is 2. The molecule has 0 saturated heterocycles. The standard InChI is InChI=1S/C22H26FN5O2S/c1-4-17(14-25-2)28(3)31(29,30)21-8-6-5-7-19(21)15-9-10-18(20(23)11-15)16-12-26-22(24)27-13-16/h5-13,17,25H,4,14H2,1-3H3,(H2,24,26,27)/t17-/m1/s1.